The average molecular weight is 562 g/mol. The van der Waals surface area contributed by atoms with Crippen LogP contribution in [0.1, 0.15) is 40.5 Å². The minimum Gasteiger partial charge on any atom is -0.444 e. The summed E-state index contributed by atoms with van der Waals surface area (Å²) in [5, 5.41) is 4.17. The maximum Gasteiger partial charge on any atom is 0.407 e. The third-order valence-electron chi connectivity index (χ3n) is 7.70. The molecule has 11 heteroatoms. The number of carbonyl (C=O) groups is 1. The standard InChI is InChI=1S/C29H35N7O3S/c1-18-14-29(17-38-18)9-12-35(16-23(29)34-27(37)39-28(2,3)4)26-33-15-22(25-32-11-13-36(25)26)40-21-8-10-31-24-19(21)6-5-7-20(24)30/h5-8,10-11,13,15,18,23H,9,12,14,16-17,30H2,1-4H3,(H,34,37)/t18-,23?,29?/m0/s1. The number of nitrogens with one attached hydrogen (secondary N) is 1. The molecule has 0 bridgehead atoms. The second-order valence-corrected chi connectivity index (χ2v) is 12.9. The normalized spacial score (nSPS) is 23.2. The van der Waals surface area contributed by atoms with Crippen molar-refractivity contribution in [3.63, 3.8) is 0 Å². The van der Waals surface area contributed by atoms with Gasteiger partial charge in [0.2, 0.25) is 5.95 Å². The van der Waals surface area contributed by atoms with Gasteiger partial charge in [0.15, 0.2) is 5.65 Å². The molecule has 10 nitrogen and oxygen atoms in total. The van der Waals surface area contributed by atoms with Gasteiger partial charge in [-0.1, -0.05) is 23.9 Å². The number of imidazole rings is 1. The van der Waals surface area contributed by atoms with Gasteiger partial charge in [0.05, 0.1) is 34.9 Å². The smallest absolute Gasteiger partial charge is 0.407 e. The molecule has 3 N–H and O–H groups in total. The number of pyridine rings is 1. The van der Waals surface area contributed by atoms with Gasteiger partial charge in [0, 0.05) is 53.6 Å². The van der Waals surface area contributed by atoms with Crippen molar-refractivity contribution in [3.05, 3.63) is 49.1 Å². The van der Waals surface area contributed by atoms with E-state index in [0.717, 1.165) is 51.7 Å². The van der Waals surface area contributed by atoms with Crippen molar-refractivity contribution in [2.45, 2.75) is 68.1 Å². The Labute approximate surface area is 237 Å². The Morgan fingerprint density at radius 3 is 2.83 bits per heavy atom. The summed E-state index contributed by atoms with van der Waals surface area (Å²) >= 11 is 1.59. The van der Waals surface area contributed by atoms with Crippen molar-refractivity contribution in [3.8, 4) is 0 Å². The number of carbonyl (C=O) groups excluding carboxylic acids is 1. The third-order valence-corrected chi connectivity index (χ3v) is 8.78. The molecule has 1 spiro atoms. The molecule has 0 saturated carbocycles. The van der Waals surface area contributed by atoms with Gasteiger partial charge in [0.1, 0.15) is 5.60 Å². The molecule has 5 heterocycles. The number of ether oxygens (including phenoxy) is 2. The summed E-state index contributed by atoms with van der Waals surface area (Å²) in [5.74, 6) is 0.790. The van der Waals surface area contributed by atoms with Gasteiger partial charge < -0.3 is 25.4 Å². The van der Waals surface area contributed by atoms with Gasteiger partial charge in [-0.05, 0) is 52.7 Å². The van der Waals surface area contributed by atoms with Gasteiger partial charge in [0.25, 0.3) is 0 Å². The van der Waals surface area contributed by atoms with Crippen LogP contribution in [-0.4, -0.2) is 62.9 Å². The van der Waals surface area contributed by atoms with Gasteiger partial charge in [-0.25, -0.2) is 14.8 Å². The number of para-hydroxylation sites is 1. The summed E-state index contributed by atoms with van der Waals surface area (Å²) in [4.78, 5) is 31.1. The molecule has 3 aromatic heterocycles. The maximum atomic E-state index is 12.9. The predicted octanol–water partition coefficient (Wildman–Crippen LogP) is 4.91. The van der Waals surface area contributed by atoms with E-state index in [-0.39, 0.29) is 17.6 Å². The van der Waals surface area contributed by atoms with Crippen molar-refractivity contribution in [1.82, 2.24) is 24.7 Å². The molecule has 2 unspecified atom stereocenters. The van der Waals surface area contributed by atoms with Crippen molar-refractivity contribution in [2.24, 2.45) is 5.41 Å². The number of hydrogen-bond acceptors (Lipinski definition) is 9. The molecule has 2 aliphatic rings. The Kier molecular flexibility index (Phi) is 6.74. The number of aromatic nitrogens is 4. The topological polar surface area (TPSA) is 120 Å². The minimum absolute atomic E-state index is 0.138. The molecule has 4 aromatic rings. The van der Waals surface area contributed by atoms with Gasteiger partial charge in [-0.3, -0.25) is 9.38 Å². The van der Waals surface area contributed by atoms with Gasteiger partial charge >= 0.3 is 6.09 Å². The number of alkyl carbamates (subject to hydrolysis) is 1. The van der Waals surface area contributed by atoms with E-state index in [1.807, 2.05) is 61.8 Å². The van der Waals surface area contributed by atoms with Crippen LogP contribution in [0.4, 0.5) is 16.4 Å². The van der Waals surface area contributed by atoms with Crippen LogP contribution < -0.4 is 16.0 Å². The lowest BCUT2D eigenvalue weighted by atomic mass is 9.73. The summed E-state index contributed by atoms with van der Waals surface area (Å²) in [5.41, 5.74) is 7.71. The Hall–Kier alpha value is -3.57. The number of hydrogen-bond donors (Lipinski definition) is 2. The third kappa shape index (κ3) is 5.03. The number of benzene rings is 1. The van der Waals surface area contributed by atoms with E-state index in [0.29, 0.717) is 18.8 Å². The molecule has 40 heavy (non-hydrogen) atoms. The number of nitrogens with zero attached hydrogens (tertiary/aromatic N) is 5. The molecule has 0 aliphatic carbocycles. The SMILES string of the molecule is C[C@H]1CC2(CCN(c3ncc(Sc4ccnc5c(N)cccc45)c4nccn34)CC2NC(=O)OC(C)(C)C)CO1. The average Bonchev–Trinajstić information content (AvgIpc) is 3.53. The van der Waals surface area contributed by atoms with E-state index in [4.69, 9.17) is 20.2 Å². The van der Waals surface area contributed by atoms with Crippen LogP contribution in [0.15, 0.2) is 58.8 Å². The lowest BCUT2D eigenvalue weighted by Crippen LogP contribution is -2.60. The Bertz CT molecular complexity index is 1570. The highest BCUT2D eigenvalue weighted by Gasteiger charge is 2.49. The summed E-state index contributed by atoms with van der Waals surface area (Å²) in [7, 11) is 0. The number of amides is 1. The molecule has 2 saturated heterocycles. The molecule has 3 atom stereocenters. The second kappa shape index (κ2) is 10.1. The van der Waals surface area contributed by atoms with Gasteiger partial charge in [-0.2, -0.15) is 0 Å². The largest absolute Gasteiger partial charge is 0.444 e. The quantitative estimate of drug-likeness (QED) is 0.335. The van der Waals surface area contributed by atoms with E-state index in [9.17, 15) is 4.79 Å². The Morgan fingerprint density at radius 2 is 2.05 bits per heavy atom. The Morgan fingerprint density at radius 1 is 1.20 bits per heavy atom. The van der Waals surface area contributed by atoms with Crippen molar-refractivity contribution in [2.75, 3.05) is 30.3 Å². The highest BCUT2D eigenvalue weighted by atomic mass is 32.2. The first-order valence-electron chi connectivity index (χ1n) is 13.6. The predicted molar refractivity (Wildman–Crippen MR) is 156 cm³/mol. The zero-order valence-corrected chi connectivity index (χ0v) is 24.1. The fourth-order valence-electron chi connectivity index (χ4n) is 5.85. The summed E-state index contributed by atoms with van der Waals surface area (Å²) in [6.07, 6.45) is 8.90. The first-order valence-corrected chi connectivity index (χ1v) is 14.4. The second-order valence-electron chi connectivity index (χ2n) is 11.8. The molecule has 1 amide bonds. The van der Waals surface area contributed by atoms with Gasteiger partial charge in [-0.15, -0.1) is 0 Å². The van der Waals surface area contributed by atoms with E-state index in [1.165, 1.54) is 0 Å². The van der Waals surface area contributed by atoms with Crippen molar-refractivity contribution in [1.29, 1.82) is 0 Å². The van der Waals surface area contributed by atoms with Crippen LogP contribution in [0.5, 0.6) is 0 Å². The van der Waals surface area contributed by atoms with Crippen LogP contribution in [-0.2, 0) is 9.47 Å². The monoisotopic (exact) mass is 561 g/mol. The summed E-state index contributed by atoms with van der Waals surface area (Å²) < 4.78 is 13.7. The van der Waals surface area contributed by atoms with Crippen LogP contribution >= 0.6 is 11.8 Å². The number of piperidine rings is 1. The van der Waals surface area contributed by atoms with Crippen molar-refractivity contribution >= 4 is 46.0 Å². The van der Waals surface area contributed by atoms with Crippen LogP contribution in [0.25, 0.3) is 16.6 Å². The maximum absolute atomic E-state index is 12.9. The zero-order chi connectivity index (χ0) is 28.1. The first kappa shape index (κ1) is 26.6. The number of nitrogens with two attached hydrogens (primary N) is 1. The minimum atomic E-state index is -0.574. The highest BCUT2D eigenvalue weighted by molar-refractivity contribution is 7.99. The fourth-order valence-corrected chi connectivity index (χ4v) is 6.84. The summed E-state index contributed by atoms with van der Waals surface area (Å²) in [6.45, 7) is 9.73. The molecule has 2 aliphatic heterocycles. The molecule has 210 valence electrons. The number of anilines is 2. The van der Waals surface area contributed by atoms with Crippen LogP contribution in [0.3, 0.4) is 0 Å². The molecule has 6 rings (SSSR count). The number of fused-ring (bicyclic) bond motifs is 2. The molecular weight excluding hydrogens is 526 g/mol. The van der Waals surface area contributed by atoms with E-state index in [2.05, 4.69) is 27.1 Å². The summed E-state index contributed by atoms with van der Waals surface area (Å²) in [6, 6.07) is 7.67. The number of nitrogen functional groups attached to an aromatic ring is 1. The highest BCUT2D eigenvalue weighted by Crippen LogP contribution is 2.43. The van der Waals surface area contributed by atoms with Crippen molar-refractivity contribution < 1.29 is 14.3 Å². The first-order chi connectivity index (χ1) is 19.1. The number of rotatable bonds is 4. The van der Waals surface area contributed by atoms with E-state index in [1.54, 1.807) is 24.2 Å². The fraction of sp³-hybridized carbons (Fsp3) is 0.448. The molecule has 2 fully saturated rings. The lowest BCUT2D eigenvalue weighted by molar-refractivity contribution is 0.0385. The van der Waals surface area contributed by atoms with Crippen LogP contribution in [0.2, 0.25) is 0 Å². The van der Waals surface area contributed by atoms with Crippen LogP contribution in [0, 0.1) is 5.41 Å². The Balaban J connectivity index is 1.29. The van der Waals surface area contributed by atoms with E-state index >= 15 is 0 Å². The molecule has 1 aromatic carbocycles. The zero-order valence-electron chi connectivity index (χ0n) is 23.3. The molecular formula is C29H35N7O3S. The lowest BCUT2D eigenvalue weighted by Gasteiger charge is -2.45. The molecule has 0 radical (unpaired) electrons. The van der Waals surface area contributed by atoms with E-state index < -0.39 is 11.7 Å².